The van der Waals surface area contributed by atoms with Gasteiger partial charge in [-0.2, -0.15) is 4.98 Å². The first-order valence-electron chi connectivity index (χ1n) is 5.43. The molecule has 0 spiro atoms. The van der Waals surface area contributed by atoms with E-state index < -0.39 is 18.0 Å². The summed E-state index contributed by atoms with van der Waals surface area (Å²) in [6, 6.07) is 1.50. The van der Waals surface area contributed by atoms with Crippen molar-refractivity contribution in [1.82, 2.24) is 9.55 Å². The van der Waals surface area contributed by atoms with Gasteiger partial charge in [0.2, 0.25) is 6.23 Å². The van der Waals surface area contributed by atoms with Crippen LogP contribution in [0.2, 0.25) is 0 Å². The van der Waals surface area contributed by atoms with Crippen LogP contribution in [0, 0.1) is 0 Å². The number of methoxy groups -OCH3 is 1. The molecule has 0 amide bonds. The summed E-state index contributed by atoms with van der Waals surface area (Å²) in [7, 11) is 1.51. The number of hydrogen-bond donors (Lipinski definition) is 2. The van der Waals surface area contributed by atoms with E-state index in [1.165, 1.54) is 23.9 Å². The van der Waals surface area contributed by atoms with E-state index in [1.807, 2.05) is 0 Å². The Morgan fingerprint density at radius 3 is 2.94 bits per heavy atom. The Kier molecular flexibility index (Phi) is 3.35. The highest BCUT2D eigenvalue weighted by Crippen LogP contribution is 2.33. The van der Waals surface area contributed by atoms with Gasteiger partial charge in [-0.15, -0.1) is 0 Å². The Morgan fingerprint density at radius 1 is 1.67 bits per heavy atom. The molecule has 1 aliphatic rings. The first-order valence-corrected chi connectivity index (χ1v) is 5.43. The highest BCUT2D eigenvalue weighted by molar-refractivity contribution is 5.24. The number of nitrogens with zero attached hydrogens (tertiary/aromatic N) is 2. The Labute approximate surface area is 103 Å². The second-order valence-corrected chi connectivity index (χ2v) is 3.97. The van der Waals surface area contributed by atoms with Crippen molar-refractivity contribution in [3.63, 3.8) is 0 Å². The van der Waals surface area contributed by atoms with Crippen molar-refractivity contribution in [2.45, 2.75) is 19.3 Å². The zero-order chi connectivity index (χ0) is 13.3. The van der Waals surface area contributed by atoms with E-state index in [4.69, 9.17) is 20.3 Å². The summed E-state index contributed by atoms with van der Waals surface area (Å²) in [4.78, 5) is 15.4. The zero-order valence-corrected chi connectivity index (χ0v) is 10.2. The van der Waals surface area contributed by atoms with E-state index in [-0.39, 0.29) is 12.4 Å². The third-order valence-electron chi connectivity index (χ3n) is 2.91. The molecule has 0 fully saturated rings. The molecule has 3 N–H and O–H groups in total. The Hall–Kier alpha value is -1.86. The molecule has 18 heavy (non-hydrogen) atoms. The zero-order valence-electron chi connectivity index (χ0n) is 10.2. The van der Waals surface area contributed by atoms with Crippen molar-refractivity contribution in [2.24, 2.45) is 0 Å². The molecule has 7 nitrogen and oxygen atoms in total. The summed E-state index contributed by atoms with van der Waals surface area (Å²) < 4.78 is 12.1. The van der Waals surface area contributed by atoms with Crippen LogP contribution in [-0.2, 0) is 9.47 Å². The molecule has 1 aromatic heterocycles. The fraction of sp³-hybridized carbons (Fsp3) is 0.455. The highest BCUT2D eigenvalue weighted by Gasteiger charge is 2.36. The number of hydrogen-bond acceptors (Lipinski definition) is 6. The van der Waals surface area contributed by atoms with Gasteiger partial charge in [0.1, 0.15) is 24.3 Å². The minimum atomic E-state index is -0.669. The summed E-state index contributed by atoms with van der Waals surface area (Å²) in [6.07, 6.45) is 0.391. The van der Waals surface area contributed by atoms with Crippen molar-refractivity contribution in [3.8, 4) is 0 Å². The molecule has 0 aromatic carbocycles. The third-order valence-corrected chi connectivity index (χ3v) is 2.91. The minimum Gasteiger partial charge on any atom is -0.469 e. The predicted molar refractivity (Wildman–Crippen MR) is 63.6 cm³/mol. The number of rotatable bonds is 3. The molecule has 7 heteroatoms. The number of anilines is 1. The van der Waals surface area contributed by atoms with Gasteiger partial charge in [-0.1, -0.05) is 0 Å². The molecule has 0 saturated carbocycles. The van der Waals surface area contributed by atoms with Crippen molar-refractivity contribution < 1.29 is 14.6 Å². The topological polar surface area (TPSA) is 99.6 Å². The molecule has 0 radical (unpaired) electrons. The molecule has 2 atom stereocenters. The maximum absolute atomic E-state index is 11.7. The number of nitrogen functional groups attached to an aromatic ring is 1. The molecule has 0 saturated heterocycles. The standard InChI is InChI=1S/C11H15N3O4/c1-6-7(5-15)18-10(9(6)17-2)14-4-3-8(12)13-11(14)16/h3-4,9-10,15H,5H2,1-2H3,(H2,12,13,16)/t9?,10-/m1/s1. The predicted octanol–water partition coefficient (Wildman–Crippen LogP) is -0.364. The van der Waals surface area contributed by atoms with Gasteiger partial charge < -0.3 is 20.3 Å². The largest absolute Gasteiger partial charge is 0.469 e. The summed E-state index contributed by atoms with van der Waals surface area (Å²) in [6.45, 7) is 1.55. The van der Waals surface area contributed by atoms with E-state index in [9.17, 15) is 4.79 Å². The molecular weight excluding hydrogens is 238 g/mol. The van der Waals surface area contributed by atoms with Crippen LogP contribution in [0.15, 0.2) is 28.4 Å². The molecule has 0 bridgehead atoms. The van der Waals surface area contributed by atoms with Crippen molar-refractivity contribution >= 4 is 5.82 Å². The Bertz CT molecular complexity index is 537. The van der Waals surface area contributed by atoms with Gasteiger partial charge in [0.25, 0.3) is 0 Å². The highest BCUT2D eigenvalue weighted by atomic mass is 16.6. The average molecular weight is 253 g/mol. The molecule has 2 rings (SSSR count). The van der Waals surface area contributed by atoms with Crippen molar-refractivity contribution in [3.05, 3.63) is 34.1 Å². The van der Waals surface area contributed by atoms with Gasteiger partial charge >= 0.3 is 5.69 Å². The third kappa shape index (κ3) is 1.98. The molecule has 98 valence electrons. The smallest absolute Gasteiger partial charge is 0.352 e. The van der Waals surface area contributed by atoms with E-state index in [0.29, 0.717) is 5.76 Å². The van der Waals surface area contributed by atoms with Crippen molar-refractivity contribution in [2.75, 3.05) is 19.5 Å². The molecule has 1 aliphatic heterocycles. The van der Waals surface area contributed by atoms with Crippen LogP contribution in [0.3, 0.4) is 0 Å². The summed E-state index contributed by atoms with van der Waals surface area (Å²) in [5.41, 5.74) is 5.67. The lowest BCUT2D eigenvalue weighted by atomic mass is 10.1. The molecule has 1 unspecified atom stereocenters. The molecule has 0 aliphatic carbocycles. The van der Waals surface area contributed by atoms with Gasteiger partial charge in [0, 0.05) is 18.9 Å². The normalized spacial score (nSPS) is 23.3. The van der Waals surface area contributed by atoms with E-state index in [0.717, 1.165) is 5.57 Å². The second kappa shape index (κ2) is 4.79. The second-order valence-electron chi connectivity index (χ2n) is 3.97. The number of aliphatic hydroxyl groups is 1. The van der Waals surface area contributed by atoms with Crippen molar-refractivity contribution in [1.29, 1.82) is 0 Å². The first kappa shape index (κ1) is 12.6. The molecule has 2 heterocycles. The fourth-order valence-electron chi connectivity index (χ4n) is 1.95. The summed E-state index contributed by atoms with van der Waals surface area (Å²) in [5.74, 6) is 0.561. The van der Waals surface area contributed by atoms with Crippen LogP contribution < -0.4 is 11.4 Å². The number of nitrogens with two attached hydrogens (primary N) is 1. The quantitative estimate of drug-likeness (QED) is 0.762. The van der Waals surface area contributed by atoms with Gasteiger partial charge in [-0.05, 0) is 13.0 Å². The maximum Gasteiger partial charge on any atom is 0.352 e. The fourth-order valence-corrected chi connectivity index (χ4v) is 1.95. The Morgan fingerprint density at radius 2 is 2.39 bits per heavy atom. The van der Waals surface area contributed by atoms with E-state index in [1.54, 1.807) is 6.92 Å². The van der Waals surface area contributed by atoms with Gasteiger partial charge in [-0.3, -0.25) is 4.57 Å². The monoisotopic (exact) mass is 253 g/mol. The van der Waals surface area contributed by atoms with E-state index >= 15 is 0 Å². The summed E-state index contributed by atoms with van der Waals surface area (Å²) >= 11 is 0. The lowest BCUT2D eigenvalue weighted by Gasteiger charge is -2.20. The van der Waals surface area contributed by atoms with Crippen LogP contribution in [0.1, 0.15) is 13.2 Å². The number of aliphatic hydroxyl groups excluding tert-OH is 1. The maximum atomic E-state index is 11.7. The van der Waals surface area contributed by atoms with Gasteiger partial charge in [0.05, 0.1) is 0 Å². The molecule has 1 aromatic rings. The van der Waals surface area contributed by atoms with Gasteiger partial charge in [-0.25, -0.2) is 4.79 Å². The van der Waals surface area contributed by atoms with Crippen LogP contribution >= 0.6 is 0 Å². The van der Waals surface area contributed by atoms with Crippen LogP contribution in [-0.4, -0.2) is 34.5 Å². The van der Waals surface area contributed by atoms with Crippen LogP contribution in [0.4, 0.5) is 5.82 Å². The average Bonchev–Trinajstić information content (AvgIpc) is 2.65. The van der Waals surface area contributed by atoms with E-state index in [2.05, 4.69) is 4.98 Å². The Balaban J connectivity index is 2.38. The SMILES string of the molecule is COC1C(C)=C(CO)O[C@H]1n1ccc(N)nc1=O. The lowest BCUT2D eigenvalue weighted by Crippen LogP contribution is -2.33. The van der Waals surface area contributed by atoms with Gasteiger partial charge in [0.15, 0.2) is 0 Å². The molecular formula is C11H15N3O4. The summed E-state index contributed by atoms with van der Waals surface area (Å²) in [5, 5.41) is 9.17. The minimum absolute atomic E-state index is 0.148. The van der Waals surface area contributed by atoms with Crippen LogP contribution in [0.5, 0.6) is 0 Å². The first-order chi connectivity index (χ1) is 8.58. The number of ether oxygens (including phenoxy) is 2. The lowest BCUT2D eigenvalue weighted by molar-refractivity contribution is -0.0308. The number of aromatic nitrogens is 2. The van der Waals surface area contributed by atoms with Crippen LogP contribution in [0.25, 0.3) is 0 Å².